The Kier molecular flexibility index (Phi) is 5.87. The minimum absolute atomic E-state index is 0.0950. The zero-order chi connectivity index (χ0) is 26.0. The molecule has 186 valence electrons. The van der Waals surface area contributed by atoms with Gasteiger partial charge in [0, 0.05) is 28.2 Å². The summed E-state index contributed by atoms with van der Waals surface area (Å²) < 4.78 is 12.2. The van der Waals surface area contributed by atoms with Gasteiger partial charge in [0.1, 0.15) is 11.4 Å². The molecule has 5 heteroatoms. The Labute approximate surface area is 210 Å². The van der Waals surface area contributed by atoms with Gasteiger partial charge < -0.3 is 9.47 Å². The topological polar surface area (TPSA) is 57.1 Å². The summed E-state index contributed by atoms with van der Waals surface area (Å²) in [6.45, 7) is 21.5. The van der Waals surface area contributed by atoms with Crippen LogP contribution in [0, 0.1) is 0 Å². The zero-order valence-electron chi connectivity index (χ0n) is 23.1. The van der Waals surface area contributed by atoms with Gasteiger partial charge in [0.25, 0.3) is 0 Å². The summed E-state index contributed by atoms with van der Waals surface area (Å²) in [4.78, 5) is 14.7. The minimum atomic E-state index is -0.368. The number of hydrogen-bond donors (Lipinski definition) is 0. The molecule has 4 rings (SSSR count). The number of ether oxygens (including phenoxy) is 2. The van der Waals surface area contributed by atoms with Crippen molar-refractivity contribution in [3.05, 3.63) is 59.0 Å². The van der Waals surface area contributed by atoms with Gasteiger partial charge in [0.2, 0.25) is 0 Å². The summed E-state index contributed by atoms with van der Waals surface area (Å²) in [5.41, 5.74) is 6.18. The van der Waals surface area contributed by atoms with Gasteiger partial charge in [-0.2, -0.15) is 0 Å². The van der Waals surface area contributed by atoms with Crippen LogP contribution < -0.4 is 4.74 Å². The zero-order valence-corrected chi connectivity index (χ0v) is 23.1. The summed E-state index contributed by atoms with van der Waals surface area (Å²) in [5, 5.41) is 0. The number of aromatic nitrogens is 3. The molecule has 0 N–H and O–H groups in total. The monoisotopic (exact) mass is 473 g/mol. The smallest absolute Gasteiger partial charge is 0.161 e. The van der Waals surface area contributed by atoms with Gasteiger partial charge >= 0.3 is 0 Å². The molecule has 1 aliphatic heterocycles. The fourth-order valence-corrected chi connectivity index (χ4v) is 4.75. The van der Waals surface area contributed by atoms with Crippen molar-refractivity contribution >= 4 is 0 Å². The highest BCUT2D eigenvalue weighted by Crippen LogP contribution is 2.48. The highest BCUT2D eigenvalue weighted by atomic mass is 16.5. The van der Waals surface area contributed by atoms with Crippen molar-refractivity contribution < 1.29 is 9.47 Å². The molecule has 0 unspecified atom stereocenters. The second kappa shape index (κ2) is 8.12. The van der Waals surface area contributed by atoms with Gasteiger partial charge in [0.05, 0.1) is 29.7 Å². The average Bonchev–Trinajstić information content (AvgIpc) is 2.95. The number of nitrogens with zero attached hydrogens (tertiary/aromatic N) is 3. The van der Waals surface area contributed by atoms with E-state index in [0.29, 0.717) is 11.6 Å². The van der Waals surface area contributed by atoms with Crippen molar-refractivity contribution in [1.82, 2.24) is 15.0 Å². The van der Waals surface area contributed by atoms with Crippen LogP contribution in [0.4, 0.5) is 0 Å². The molecule has 1 aliphatic rings. The van der Waals surface area contributed by atoms with E-state index < -0.39 is 0 Å². The second-order valence-electron chi connectivity index (χ2n) is 12.6. The highest BCUT2D eigenvalue weighted by molar-refractivity contribution is 5.72. The van der Waals surface area contributed by atoms with E-state index in [-0.39, 0.29) is 22.0 Å². The first kappa shape index (κ1) is 25.3. The lowest BCUT2D eigenvalue weighted by Crippen LogP contribution is -2.22. The van der Waals surface area contributed by atoms with Gasteiger partial charge in [-0.3, -0.25) is 4.98 Å². The quantitative estimate of drug-likeness (QED) is 0.399. The average molecular weight is 474 g/mol. The minimum Gasteiger partial charge on any atom is -0.494 e. The van der Waals surface area contributed by atoms with E-state index in [4.69, 9.17) is 24.4 Å². The van der Waals surface area contributed by atoms with Crippen LogP contribution in [-0.4, -0.2) is 22.1 Å². The van der Waals surface area contributed by atoms with E-state index in [1.165, 1.54) is 11.1 Å². The summed E-state index contributed by atoms with van der Waals surface area (Å²) in [6, 6.07) is 10.6. The third-order valence-corrected chi connectivity index (χ3v) is 6.69. The summed E-state index contributed by atoms with van der Waals surface area (Å²) >= 11 is 0. The molecule has 0 atom stereocenters. The molecule has 3 aromatic rings. The lowest BCUT2D eigenvalue weighted by atomic mass is 9.86. The molecular formula is C30H39N3O2. The van der Waals surface area contributed by atoms with E-state index in [9.17, 15) is 0 Å². The van der Waals surface area contributed by atoms with Crippen LogP contribution in [0.25, 0.3) is 22.6 Å². The molecule has 0 radical (unpaired) electrons. The number of hydrogen-bond acceptors (Lipinski definition) is 5. The first-order chi connectivity index (χ1) is 16.0. The van der Waals surface area contributed by atoms with Crippen molar-refractivity contribution in [2.45, 2.75) is 91.3 Å². The van der Waals surface area contributed by atoms with Crippen LogP contribution in [0.1, 0.15) is 91.8 Å². The van der Waals surface area contributed by atoms with Crippen LogP contribution in [0.15, 0.2) is 36.5 Å². The molecule has 5 nitrogen and oxygen atoms in total. The Morgan fingerprint density at radius 3 is 1.86 bits per heavy atom. The summed E-state index contributed by atoms with van der Waals surface area (Å²) in [5.74, 6) is 1.37. The predicted octanol–water partition coefficient (Wildman–Crippen LogP) is 7.31. The molecule has 0 saturated carbocycles. The number of benzene rings is 1. The molecule has 0 amide bonds. The SMILES string of the molecule is COc1cc(-c2nc(C(C)(C)C)cc(C(C)(C)C)n2)cnc1-c1ccc2c(c1)C(C)(C)OC2(C)C. The van der Waals surface area contributed by atoms with Crippen LogP contribution >= 0.6 is 0 Å². The van der Waals surface area contributed by atoms with Crippen LogP contribution in [0.3, 0.4) is 0 Å². The fourth-order valence-electron chi connectivity index (χ4n) is 4.75. The van der Waals surface area contributed by atoms with Crippen molar-refractivity contribution in [3.8, 4) is 28.4 Å². The first-order valence-electron chi connectivity index (χ1n) is 12.3. The fraction of sp³-hybridized carbons (Fsp3) is 0.500. The molecule has 0 bridgehead atoms. The summed E-state index contributed by atoms with van der Waals surface area (Å²) in [7, 11) is 1.68. The first-order valence-corrected chi connectivity index (χ1v) is 12.3. The van der Waals surface area contributed by atoms with Gasteiger partial charge in [-0.05, 0) is 57.0 Å². The highest BCUT2D eigenvalue weighted by Gasteiger charge is 2.43. The van der Waals surface area contributed by atoms with E-state index in [1.807, 2.05) is 12.3 Å². The number of fused-ring (bicyclic) bond motifs is 1. The molecule has 0 spiro atoms. The Morgan fingerprint density at radius 2 is 1.31 bits per heavy atom. The molecule has 0 fully saturated rings. The summed E-state index contributed by atoms with van der Waals surface area (Å²) in [6.07, 6.45) is 1.85. The van der Waals surface area contributed by atoms with Gasteiger partial charge in [-0.15, -0.1) is 0 Å². The largest absolute Gasteiger partial charge is 0.494 e. The Hall–Kier alpha value is -2.79. The third kappa shape index (κ3) is 4.71. The molecule has 3 heterocycles. The Balaban J connectivity index is 1.83. The van der Waals surface area contributed by atoms with Crippen molar-refractivity contribution in [2.75, 3.05) is 7.11 Å². The van der Waals surface area contributed by atoms with E-state index in [2.05, 4.69) is 93.5 Å². The second-order valence-corrected chi connectivity index (χ2v) is 12.6. The maximum Gasteiger partial charge on any atom is 0.161 e. The van der Waals surface area contributed by atoms with Crippen molar-refractivity contribution in [2.24, 2.45) is 0 Å². The Morgan fingerprint density at radius 1 is 0.743 bits per heavy atom. The molecule has 0 saturated heterocycles. The van der Waals surface area contributed by atoms with Crippen molar-refractivity contribution in [1.29, 1.82) is 0 Å². The number of methoxy groups -OCH3 is 1. The number of rotatable bonds is 3. The maximum absolute atomic E-state index is 6.34. The molecule has 0 aliphatic carbocycles. The maximum atomic E-state index is 6.34. The van der Waals surface area contributed by atoms with E-state index in [1.54, 1.807) is 7.11 Å². The van der Waals surface area contributed by atoms with E-state index in [0.717, 1.165) is 28.2 Å². The van der Waals surface area contributed by atoms with Crippen LogP contribution in [0.2, 0.25) is 0 Å². The van der Waals surface area contributed by atoms with Gasteiger partial charge in [-0.25, -0.2) is 9.97 Å². The molecule has 35 heavy (non-hydrogen) atoms. The third-order valence-electron chi connectivity index (χ3n) is 6.69. The number of pyridine rings is 1. The van der Waals surface area contributed by atoms with E-state index >= 15 is 0 Å². The lowest BCUT2D eigenvalue weighted by molar-refractivity contribution is -0.105. The predicted molar refractivity (Wildman–Crippen MR) is 142 cm³/mol. The normalized spacial score (nSPS) is 16.8. The molecular weight excluding hydrogens is 434 g/mol. The van der Waals surface area contributed by atoms with Crippen LogP contribution in [-0.2, 0) is 26.8 Å². The molecule has 2 aromatic heterocycles. The van der Waals surface area contributed by atoms with Crippen LogP contribution in [0.5, 0.6) is 5.75 Å². The van der Waals surface area contributed by atoms with Gasteiger partial charge in [0.15, 0.2) is 5.82 Å². The van der Waals surface area contributed by atoms with Crippen molar-refractivity contribution in [3.63, 3.8) is 0 Å². The Bertz CT molecular complexity index is 1250. The lowest BCUT2D eigenvalue weighted by Gasteiger charge is -2.24. The molecule has 1 aromatic carbocycles. The van der Waals surface area contributed by atoms with Gasteiger partial charge in [-0.1, -0.05) is 53.7 Å². The standard InChI is InChI=1S/C30H39N3O2/c1-27(2,3)23-16-24(28(4,5)6)33-26(32-23)19-15-22(34-11)25(31-17-19)18-12-13-20-21(14-18)30(9,10)35-29(20,7)8/h12-17H,1-11H3.